The third-order valence-electron chi connectivity index (χ3n) is 5.21. The molecule has 0 radical (unpaired) electrons. The number of hydrogen-bond acceptors (Lipinski definition) is 2. The van der Waals surface area contributed by atoms with Crippen molar-refractivity contribution in [1.29, 1.82) is 0 Å². The van der Waals surface area contributed by atoms with Crippen LogP contribution in [0.15, 0.2) is 0 Å². The molecule has 1 saturated carbocycles. The summed E-state index contributed by atoms with van der Waals surface area (Å²) < 4.78 is 0. The van der Waals surface area contributed by atoms with E-state index in [2.05, 4.69) is 18.7 Å². The van der Waals surface area contributed by atoms with Crippen molar-refractivity contribution >= 4 is 0 Å². The largest absolute Gasteiger partial charge is 0.329 e. The molecule has 1 saturated heterocycles. The van der Waals surface area contributed by atoms with Gasteiger partial charge in [0, 0.05) is 18.6 Å². The lowest BCUT2D eigenvalue weighted by molar-refractivity contribution is 0.0586. The fourth-order valence-corrected chi connectivity index (χ4v) is 3.93. The maximum Gasteiger partial charge on any atom is 0.0332 e. The Balaban J connectivity index is 1.93. The molecule has 17 heavy (non-hydrogen) atoms. The van der Waals surface area contributed by atoms with Crippen LogP contribution < -0.4 is 5.73 Å². The number of nitrogens with zero attached hydrogens (tertiary/aromatic N) is 1. The van der Waals surface area contributed by atoms with Crippen molar-refractivity contribution in [2.24, 2.45) is 17.6 Å². The second-order valence-electron chi connectivity index (χ2n) is 6.50. The Hall–Kier alpha value is -0.0800. The van der Waals surface area contributed by atoms with Gasteiger partial charge in [-0.3, -0.25) is 4.90 Å². The molecule has 2 rings (SSSR count). The Labute approximate surface area is 107 Å². The zero-order valence-corrected chi connectivity index (χ0v) is 11.8. The van der Waals surface area contributed by atoms with Gasteiger partial charge in [0.25, 0.3) is 0 Å². The molecule has 0 aromatic rings. The first kappa shape index (κ1) is 13.4. The molecule has 0 spiro atoms. The van der Waals surface area contributed by atoms with E-state index in [0.29, 0.717) is 5.54 Å². The second-order valence-corrected chi connectivity index (χ2v) is 6.50. The Bertz CT molecular complexity index is 231. The van der Waals surface area contributed by atoms with Crippen LogP contribution in [0, 0.1) is 11.8 Å². The molecular formula is C15H30N2. The molecule has 100 valence electrons. The summed E-state index contributed by atoms with van der Waals surface area (Å²) in [7, 11) is 0. The summed E-state index contributed by atoms with van der Waals surface area (Å²) in [6.07, 6.45) is 9.67. The number of likely N-dealkylation sites (tertiary alicyclic amines) is 1. The van der Waals surface area contributed by atoms with Crippen LogP contribution in [0.5, 0.6) is 0 Å². The van der Waals surface area contributed by atoms with Gasteiger partial charge >= 0.3 is 0 Å². The smallest absolute Gasteiger partial charge is 0.0332 e. The lowest BCUT2D eigenvalue weighted by atomic mass is 9.74. The average molecular weight is 238 g/mol. The predicted octanol–water partition coefficient (Wildman–Crippen LogP) is 3.02. The summed E-state index contributed by atoms with van der Waals surface area (Å²) in [6.45, 7) is 8.14. The average Bonchev–Trinajstić information content (AvgIpc) is 2.78. The molecule has 2 aliphatic rings. The van der Waals surface area contributed by atoms with E-state index in [1.807, 2.05) is 0 Å². The summed E-state index contributed by atoms with van der Waals surface area (Å²) >= 11 is 0. The molecule has 1 atom stereocenters. The summed E-state index contributed by atoms with van der Waals surface area (Å²) in [5, 5.41) is 0. The molecule has 1 heterocycles. The maximum absolute atomic E-state index is 6.14. The van der Waals surface area contributed by atoms with Crippen LogP contribution in [0.4, 0.5) is 0 Å². The van der Waals surface area contributed by atoms with E-state index in [1.54, 1.807) is 0 Å². The summed E-state index contributed by atoms with van der Waals surface area (Å²) in [5.41, 5.74) is 6.51. The highest BCUT2D eigenvalue weighted by Gasteiger charge is 2.41. The van der Waals surface area contributed by atoms with E-state index < -0.39 is 0 Å². The topological polar surface area (TPSA) is 29.3 Å². The number of rotatable bonds is 4. The first-order valence-corrected chi connectivity index (χ1v) is 7.65. The monoisotopic (exact) mass is 238 g/mol. The van der Waals surface area contributed by atoms with Crippen molar-refractivity contribution in [3.8, 4) is 0 Å². The van der Waals surface area contributed by atoms with Gasteiger partial charge in [-0.2, -0.15) is 0 Å². The van der Waals surface area contributed by atoms with E-state index in [-0.39, 0.29) is 0 Å². The molecule has 2 fully saturated rings. The van der Waals surface area contributed by atoms with Gasteiger partial charge in [-0.05, 0) is 50.5 Å². The van der Waals surface area contributed by atoms with Crippen molar-refractivity contribution in [3.05, 3.63) is 0 Å². The van der Waals surface area contributed by atoms with Gasteiger partial charge in [-0.25, -0.2) is 0 Å². The molecule has 0 aromatic carbocycles. The zero-order chi connectivity index (χ0) is 12.3. The van der Waals surface area contributed by atoms with Crippen LogP contribution in [0.1, 0.15) is 58.8 Å². The van der Waals surface area contributed by atoms with Crippen molar-refractivity contribution in [3.63, 3.8) is 0 Å². The molecule has 1 aliphatic carbocycles. The summed E-state index contributed by atoms with van der Waals surface area (Å²) in [4.78, 5) is 2.72. The van der Waals surface area contributed by atoms with Crippen LogP contribution in [-0.2, 0) is 0 Å². The Morgan fingerprint density at radius 1 is 1.24 bits per heavy atom. The Morgan fingerprint density at radius 3 is 2.41 bits per heavy atom. The molecular weight excluding hydrogens is 208 g/mol. The standard InChI is InChI=1S/C15H30N2/c1-3-4-14-5-8-15(12-16,9-6-14)17-10-7-13(2)11-17/h13-14H,3-12,16H2,1-2H3. The fraction of sp³-hybridized carbons (Fsp3) is 1.00. The third-order valence-corrected chi connectivity index (χ3v) is 5.21. The van der Waals surface area contributed by atoms with E-state index in [4.69, 9.17) is 5.73 Å². The normalized spacial score (nSPS) is 39.7. The first-order chi connectivity index (χ1) is 8.20. The SMILES string of the molecule is CCCC1CCC(CN)(N2CCC(C)C2)CC1. The lowest BCUT2D eigenvalue weighted by Gasteiger charge is -2.46. The van der Waals surface area contributed by atoms with Crippen LogP contribution in [0.2, 0.25) is 0 Å². The minimum atomic E-state index is 0.370. The maximum atomic E-state index is 6.14. The zero-order valence-electron chi connectivity index (χ0n) is 11.8. The molecule has 1 unspecified atom stereocenters. The highest BCUT2D eigenvalue weighted by atomic mass is 15.2. The van der Waals surface area contributed by atoms with Crippen molar-refractivity contribution in [2.75, 3.05) is 19.6 Å². The van der Waals surface area contributed by atoms with Crippen molar-refractivity contribution < 1.29 is 0 Å². The molecule has 1 aliphatic heterocycles. The van der Waals surface area contributed by atoms with E-state index in [9.17, 15) is 0 Å². The minimum Gasteiger partial charge on any atom is -0.329 e. The van der Waals surface area contributed by atoms with Crippen LogP contribution in [0.25, 0.3) is 0 Å². The van der Waals surface area contributed by atoms with Gasteiger partial charge in [-0.15, -0.1) is 0 Å². The van der Waals surface area contributed by atoms with Gasteiger partial charge in [0.15, 0.2) is 0 Å². The van der Waals surface area contributed by atoms with E-state index in [1.165, 1.54) is 58.0 Å². The highest BCUT2D eigenvalue weighted by molar-refractivity contribution is 4.98. The van der Waals surface area contributed by atoms with Crippen LogP contribution >= 0.6 is 0 Å². The van der Waals surface area contributed by atoms with Gasteiger partial charge in [0.2, 0.25) is 0 Å². The van der Waals surface area contributed by atoms with Gasteiger partial charge < -0.3 is 5.73 Å². The van der Waals surface area contributed by atoms with E-state index >= 15 is 0 Å². The van der Waals surface area contributed by atoms with Crippen molar-refractivity contribution in [1.82, 2.24) is 4.90 Å². The number of hydrogen-bond donors (Lipinski definition) is 1. The number of nitrogens with two attached hydrogens (primary N) is 1. The summed E-state index contributed by atoms with van der Waals surface area (Å²) in [5.74, 6) is 1.87. The van der Waals surface area contributed by atoms with Gasteiger partial charge in [0.05, 0.1) is 0 Å². The molecule has 0 amide bonds. The molecule has 2 heteroatoms. The highest BCUT2D eigenvalue weighted by Crippen LogP contribution is 2.39. The van der Waals surface area contributed by atoms with Crippen LogP contribution in [0.3, 0.4) is 0 Å². The van der Waals surface area contributed by atoms with E-state index in [0.717, 1.165) is 18.4 Å². The minimum absolute atomic E-state index is 0.370. The predicted molar refractivity (Wildman–Crippen MR) is 74.0 cm³/mol. The Morgan fingerprint density at radius 2 is 1.94 bits per heavy atom. The van der Waals surface area contributed by atoms with Crippen LogP contribution in [-0.4, -0.2) is 30.1 Å². The summed E-state index contributed by atoms with van der Waals surface area (Å²) in [6, 6.07) is 0. The molecule has 0 aromatic heterocycles. The van der Waals surface area contributed by atoms with Gasteiger partial charge in [-0.1, -0.05) is 26.7 Å². The first-order valence-electron chi connectivity index (χ1n) is 7.65. The third kappa shape index (κ3) is 2.85. The fourth-order valence-electron chi connectivity index (χ4n) is 3.93. The van der Waals surface area contributed by atoms with Crippen molar-refractivity contribution in [2.45, 2.75) is 64.3 Å². The Kier molecular flexibility index (Phi) is 4.48. The quantitative estimate of drug-likeness (QED) is 0.816. The lowest BCUT2D eigenvalue weighted by Crippen LogP contribution is -2.54. The second kappa shape index (κ2) is 5.71. The van der Waals surface area contributed by atoms with Gasteiger partial charge in [0.1, 0.15) is 0 Å². The molecule has 2 nitrogen and oxygen atoms in total. The molecule has 0 bridgehead atoms. The molecule has 2 N–H and O–H groups in total.